The minimum Gasteiger partial charge on any atom is -0.492 e. The van der Waals surface area contributed by atoms with E-state index in [2.05, 4.69) is 137 Å². The number of fused-ring (bicyclic) bond motifs is 6. The number of benzene rings is 5. The van der Waals surface area contributed by atoms with Crippen LogP contribution in [0.4, 0.5) is 0 Å². The van der Waals surface area contributed by atoms with E-state index in [9.17, 15) is 0 Å². The zero-order valence-electron chi connectivity index (χ0n) is 87.3. The molecule has 3 spiro atoms. The maximum Gasteiger partial charge on any atom is 0.216 e. The van der Waals surface area contributed by atoms with Crippen LogP contribution in [0.15, 0.2) is 128 Å². The molecule has 0 atom stereocenters. The van der Waals surface area contributed by atoms with Crippen molar-refractivity contribution in [3.63, 3.8) is 0 Å². The van der Waals surface area contributed by atoms with Crippen molar-refractivity contribution in [2.45, 2.75) is 287 Å². The Morgan fingerprint density at radius 2 is 0.704 bits per heavy atom. The maximum atomic E-state index is 7.78. The average Bonchev–Trinajstić information content (AvgIpc) is 1.32. The first-order valence-electron chi connectivity index (χ1n) is 49.6. The lowest BCUT2D eigenvalue weighted by Gasteiger charge is -2.50. The van der Waals surface area contributed by atoms with Crippen molar-refractivity contribution in [3.05, 3.63) is 234 Å². The molecule has 3 fully saturated rings. The van der Waals surface area contributed by atoms with E-state index in [0.29, 0.717) is 34.4 Å². The molecule has 5 aromatic carbocycles. The minimum absolute atomic E-state index is 0.0324. The predicted molar refractivity (Wildman–Crippen MR) is 468 cm³/mol. The van der Waals surface area contributed by atoms with Gasteiger partial charge in [0.05, 0.1) is 34.4 Å². The molecule has 10 heterocycles. The van der Waals surface area contributed by atoms with Crippen molar-refractivity contribution in [2.24, 2.45) is 35.2 Å². The molecular weight excluding hydrogens is 1410 g/mol. The van der Waals surface area contributed by atoms with Gasteiger partial charge in [0.2, 0.25) is 28.5 Å². The summed E-state index contributed by atoms with van der Waals surface area (Å²) in [6.07, 6.45) is 30.0. The van der Waals surface area contributed by atoms with Gasteiger partial charge in [-0.15, -0.1) is 0 Å². The molecule has 10 nitrogen and oxygen atoms in total. The Kier molecular flexibility index (Phi) is 17.9. The van der Waals surface area contributed by atoms with Crippen LogP contribution in [-0.4, -0.2) is 29.0 Å². The van der Waals surface area contributed by atoms with Crippen molar-refractivity contribution < 1.29 is 67.1 Å². The van der Waals surface area contributed by atoms with E-state index in [4.69, 9.17) is 44.2 Å². The van der Waals surface area contributed by atoms with Gasteiger partial charge in [0.1, 0.15) is 86.4 Å². The molecule has 18 rings (SSSR count). The van der Waals surface area contributed by atoms with Gasteiger partial charge in [-0.2, -0.15) is 0 Å². The number of nitrogens with zero attached hydrogens (tertiary/aromatic N) is 5. The number of rotatable bonds is 5. The van der Waals surface area contributed by atoms with Crippen molar-refractivity contribution in [3.8, 4) is 85.0 Å². The summed E-state index contributed by atoms with van der Waals surface area (Å²) in [4.78, 5) is 0. The zero-order chi connectivity index (χ0) is 94.8. The summed E-state index contributed by atoms with van der Waals surface area (Å²) in [5, 5.41) is 0. The van der Waals surface area contributed by atoms with E-state index in [1.807, 2.05) is 116 Å². The minimum atomic E-state index is -2.12. The molecule has 10 heteroatoms. The third-order valence-corrected chi connectivity index (χ3v) is 27.0. The predicted octanol–water partition coefficient (Wildman–Crippen LogP) is 22.2. The zero-order valence-corrected chi connectivity index (χ0v) is 72.3. The van der Waals surface area contributed by atoms with Gasteiger partial charge >= 0.3 is 0 Å². The molecule has 10 aromatic rings. The highest BCUT2D eigenvalue weighted by atomic mass is 16.5. The molecule has 0 N–H and O–H groups in total. The Morgan fingerprint density at radius 1 is 0.322 bits per heavy atom. The topological polar surface area (TPSA) is 65.5 Å². The third kappa shape index (κ3) is 15.8. The van der Waals surface area contributed by atoms with Crippen LogP contribution in [0.25, 0.3) is 56.3 Å². The SMILES string of the molecule is [2H]C([2H])([2H])c1c[n+](C)c(-c2c(C)ccc3c2OC(C)(C)C3(C)C)cc1C.[2H]C([2H])([2H])c1c[n+](C)c(-c2c(C)ccc3c2OC(C)(C)C3)cc1C.[2H]C([2H])([2H])c1c[n+](C)c(-c2c(C)ccc3c2OC2(CCCCC2)C3)cc1C.[2H]C([2H])([2H])c1c[n+](C)c(-c2c(C)ccc3c2OCC3)cc1C.[2H]C([2H])([2H])c1ccc(-c2c(C)ccc3c2OC2(CCCCC2)CC32CCCC2)[n+](C)c1. The summed E-state index contributed by atoms with van der Waals surface area (Å²) in [6, 6.07) is 33.3. The second-order valence-electron chi connectivity index (χ2n) is 36.8. The van der Waals surface area contributed by atoms with Crippen LogP contribution in [0.3, 0.4) is 0 Å². The van der Waals surface area contributed by atoms with E-state index < -0.39 is 34.3 Å². The van der Waals surface area contributed by atoms with E-state index in [0.717, 1.165) is 169 Å². The summed E-state index contributed by atoms with van der Waals surface area (Å²) in [6.45, 7) is 21.0. The summed E-state index contributed by atoms with van der Waals surface area (Å²) in [7, 11) is 9.55. The monoisotopic (exact) mass is 1560 g/mol. The van der Waals surface area contributed by atoms with Gasteiger partial charge in [-0.1, -0.05) is 100 Å². The highest BCUT2D eigenvalue weighted by Gasteiger charge is 2.53. The van der Waals surface area contributed by atoms with Crippen molar-refractivity contribution in [1.29, 1.82) is 0 Å². The van der Waals surface area contributed by atoms with Crippen LogP contribution in [0.5, 0.6) is 28.7 Å². The summed E-state index contributed by atoms with van der Waals surface area (Å²) in [5.41, 5.74) is 27.1. The lowest BCUT2D eigenvalue weighted by Crippen LogP contribution is -2.48. The standard InChI is InChI=1S/C26H34NO.C22H28NO.C21H28NO.C19H24NO.C17H20NO/c1-19-9-12-22(27(3)17-19)23-20(2)10-11-21-24(23)28-26(15-5-4-6-16-26)18-25(21)13-7-8-14-25;1-15-8-9-18-13-22(10-6-5-7-11-22)24-21(18)20(15)19-12-16(2)17(3)14-23(19)4;1-13-9-10-16-19(23-21(6,7)20(16,4)5)18(13)17-11-14(2)15(3)12-22(17)8;1-12-7-8-15-10-19(4,5)21-18(15)17(12)16-9-13(2)14(3)11-20(16)6;1-11-5-6-14-7-8-19-17(14)16(11)15-9-12(2)13(3)10-18(15)4/h9-12,17H,4-8,13-16,18H2,1-3H3;8-9,12,14H,5-7,10-11,13H2,1-4H3;9-12H,1-8H3;7-9,11H,10H2,1-6H3;5-6,9-10H,7-8H2,1-4H3/q5*+1/i1D3;4*3D3. The molecule has 0 amide bonds. The van der Waals surface area contributed by atoms with Crippen LogP contribution < -0.4 is 46.5 Å². The molecule has 8 aliphatic rings. The fourth-order valence-corrected chi connectivity index (χ4v) is 19.7. The molecule has 5 aliphatic heterocycles. The van der Waals surface area contributed by atoms with Crippen LogP contribution in [0.1, 0.15) is 264 Å². The number of hydrogen-bond donors (Lipinski definition) is 0. The fourth-order valence-electron chi connectivity index (χ4n) is 19.7. The van der Waals surface area contributed by atoms with Crippen molar-refractivity contribution >= 4 is 0 Å². The lowest BCUT2D eigenvalue weighted by molar-refractivity contribution is -0.660. The van der Waals surface area contributed by atoms with E-state index in [1.54, 1.807) is 37.1 Å². The number of hydrogen-bond acceptors (Lipinski definition) is 5. The number of aromatic nitrogens is 5. The van der Waals surface area contributed by atoms with E-state index >= 15 is 0 Å². The highest BCUT2D eigenvalue weighted by Crippen LogP contribution is 2.60. The molecule has 3 saturated carbocycles. The fraction of sp³-hybridized carbons (Fsp3) is 0.476. The average molecular weight is 1560 g/mol. The third-order valence-electron chi connectivity index (χ3n) is 27.0. The molecular formula is C105H134N5O5+5. The molecule has 3 aliphatic carbocycles. The van der Waals surface area contributed by atoms with Gasteiger partial charge in [-0.3, -0.25) is 0 Å². The van der Waals surface area contributed by atoms with E-state index in [1.165, 1.54) is 110 Å². The van der Waals surface area contributed by atoms with Crippen LogP contribution in [0.2, 0.25) is 0 Å². The molecule has 0 saturated heterocycles. The summed E-state index contributed by atoms with van der Waals surface area (Å²) >= 11 is 0. The number of pyridine rings is 5. The Bertz CT molecular complexity index is 6050. The Morgan fingerprint density at radius 3 is 1.17 bits per heavy atom. The second-order valence-corrected chi connectivity index (χ2v) is 36.8. The maximum absolute atomic E-state index is 7.78. The molecule has 5 aromatic heterocycles. The van der Waals surface area contributed by atoms with Gasteiger partial charge in [0, 0.05) is 120 Å². The molecule has 0 radical (unpaired) electrons. The van der Waals surface area contributed by atoms with Gasteiger partial charge in [-0.05, 0) is 268 Å². The largest absolute Gasteiger partial charge is 0.492 e. The first kappa shape index (κ1) is 65.0. The Balaban J connectivity index is 0.000000132. The Labute approximate surface area is 711 Å². The normalized spacial score (nSPS) is 20.4. The molecule has 604 valence electrons. The van der Waals surface area contributed by atoms with Crippen LogP contribution in [0, 0.1) is 96.6 Å². The van der Waals surface area contributed by atoms with Gasteiger partial charge < -0.3 is 23.7 Å². The van der Waals surface area contributed by atoms with E-state index in [-0.39, 0.29) is 33.2 Å². The van der Waals surface area contributed by atoms with Crippen LogP contribution >= 0.6 is 0 Å². The lowest BCUT2D eigenvalue weighted by atomic mass is 9.64. The molecule has 0 bridgehead atoms. The Hall–Kier alpha value is -9.15. The number of aryl methyl sites for hydroxylation is 19. The first-order chi connectivity index (χ1) is 60.5. The molecule has 0 unspecified atom stereocenters. The highest BCUT2D eigenvalue weighted by molar-refractivity contribution is 5.78. The molecule has 115 heavy (non-hydrogen) atoms. The summed E-state index contributed by atoms with van der Waals surface area (Å²) in [5.74, 6) is 4.87. The van der Waals surface area contributed by atoms with Crippen LogP contribution in [-0.2, 0) is 65.3 Å². The number of ether oxygens (including phenoxy) is 5. The van der Waals surface area contributed by atoms with Crippen molar-refractivity contribution in [2.75, 3.05) is 6.61 Å². The van der Waals surface area contributed by atoms with Gasteiger partial charge in [0.25, 0.3) is 0 Å². The summed E-state index contributed by atoms with van der Waals surface area (Å²) < 4.78 is 158. The first-order valence-corrected chi connectivity index (χ1v) is 42.1. The van der Waals surface area contributed by atoms with Gasteiger partial charge in [0.15, 0.2) is 31.0 Å². The van der Waals surface area contributed by atoms with Crippen molar-refractivity contribution in [1.82, 2.24) is 0 Å². The quantitative estimate of drug-likeness (QED) is 0.161. The second kappa shape index (κ2) is 31.7. The smallest absolute Gasteiger partial charge is 0.216 e. The van der Waals surface area contributed by atoms with Gasteiger partial charge in [-0.25, -0.2) is 22.8 Å².